The lowest BCUT2D eigenvalue weighted by molar-refractivity contribution is -0.333. The molecule has 43 heavy (non-hydrogen) atoms. The van der Waals surface area contributed by atoms with E-state index < -0.39 is 11.7 Å². The van der Waals surface area contributed by atoms with Crippen LogP contribution in [0.4, 0.5) is 33.2 Å². The molecule has 0 unspecified atom stereocenters. The van der Waals surface area contributed by atoms with E-state index in [1.165, 1.54) is 12.1 Å². The van der Waals surface area contributed by atoms with E-state index in [1.807, 2.05) is 17.0 Å². The Hall–Kier alpha value is -4.71. The van der Waals surface area contributed by atoms with Crippen LogP contribution in [0.15, 0.2) is 42.6 Å². The van der Waals surface area contributed by atoms with E-state index in [9.17, 15) is 14.0 Å². The van der Waals surface area contributed by atoms with E-state index in [4.69, 9.17) is 15.5 Å². The summed E-state index contributed by atoms with van der Waals surface area (Å²) in [5.74, 6) is -0.229. The maximum atomic E-state index is 14.5. The topological polar surface area (TPSA) is 143 Å². The highest BCUT2D eigenvalue weighted by Crippen LogP contribution is 2.45. The minimum Gasteiger partial charge on any atom is -0.493 e. The number of amides is 2. The molecule has 2 amide bonds. The van der Waals surface area contributed by atoms with Crippen molar-refractivity contribution in [1.29, 1.82) is 0 Å². The normalized spacial score (nSPS) is 16.2. The molecule has 0 atom stereocenters. The quantitative estimate of drug-likeness (QED) is 0.242. The number of H-pyrrole nitrogens is 2. The van der Waals surface area contributed by atoms with Crippen molar-refractivity contribution in [2.24, 2.45) is 5.73 Å². The van der Waals surface area contributed by atoms with Gasteiger partial charge in [0.1, 0.15) is 11.5 Å². The van der Waals surface area contributed by atoms with Crippen LogP contribution < -0.4 is 31.0 Å². The molecule has 2 aliphatic heterocycles. The fourth-order valence-corrected chi connectivity index (χ4v) is 6.00. The van der Waals surface area contributed by atoms with E-state index >= 15 is 0 Å². The Kier molecular flexibility index (Phi) is 7.38. The number of nitrogens with one attached hydrogen (secondary N) is 4. The fraction of sp³-hybridized carbons (Fsp3) is 0.355. The van der Waals surface area contributed by atoms with E-state index in [0.717, 1.165) is 43.6 Å². The number of hydrogen-bond donors (Lipinski definition) is 4. The fourth-order valence-electron chi connectivity index (χ4n) is 6.00. The third-order valence-electron chi connectivity index (χ3n) is 8.39. The van der Waals surface area contributed by atoms with Crippen molar-refractivity contribution < 1.29 is 23.7 Å². The van der Waals surface area contributed by atoms with Gasteiger partial charge in [0.2, 0.25) is 17.4 Å². The highest BCUT2D eigenvalue weighted by atomic mass is 19.1. The maximum Gasteiger partial charge on any atom is 0.351 e. The maximum absolute atomic E-state index is 14.5. The molecule has 1 fully saturated rings. The van der Waals surface area contributed by atoms with Crippen LogP contribution in [0.25, 0.3) is 11.0 Å². The van der Waals surface area contributed by atoms with Crippen molar-refractivity contribution in [3.05, 3.63) is 59.5 Å². The molecule has 6 rings (SSSR count). The Balaban J connectivity index is 1.38. The van der Waals surface area contributed by atoms with E-state index in [1.54, 1.807) is 25.4 Å². The second-order valence-electron chi connectivity index (χ2n) is 11.7. The number of methoxy groups -OCH3 is 1. The zero-order valence-corrected chi connectivity index (χ0v) is 24.5. The Morgan fingerprint density at radius 3 is 2.67 bits per heavy atom. The van der Waals surface area contributed by atoms with Gasteiger partial charge in [-0.1, -0.05) is 24.9 Å². The monoisotopic (exact) mass is 587 g/mol. The molecule has 2 aromatic heterocycles. The number of nitrogens with two attached hydrogens (primary N) is 1. The third-order valence-corrected chi connectivity index (χ3v) is 8.39. The van der Waals surface area contributed by atoms with Crippen molar-refractivity contribution in [2.45, 2.75) is 38.5 Å². The number of likely N-dealkylation sites (tertiary alicyclic amines) is 1. The Labute approximate surface area is 248 Å². The van der Waals surface area contributed by atoms with Gasteiger partial charge in [0, 0.05) is 18.8 Å². The molecule has 4 heterocycles. The Morgan fingerprint density at radius 1 is 1.14 bits per heavy atom. The molecule has 6 N–H and O–H groups in total. The smallest absolute Gasteiger partial charge is 0.351 e. The summed E-state index contributed by atoms with van der Waals surface area (Å²) < 4.78 is 20.3. The van der Waals surface area contributed by atoms with Crippen LogP contribution in [0.1, 0.15) is 49.0 Å². The summed E-state index contributed by atoms with van der Waals surface area (Å²) in [4.78, 5) is 40.7. The second kappa shape index (κ2) is 11.2. The molecule has 1 saturated heterocycles. The van der Waals surface area contributed by atoms with E-state index in [0.29, 0.717) is 47.3 Å². The van der Waals surface area contributed by atoms with Gasteiger partial charge in [-0.2, -0.15) is 0 Å². The summed E-state index contributed by atoms with van der Waals surface area (Å²) in [6.07, 6.45) is 4.82. The van der Waals surface area contributed by atoms with Gasteiger partial charge in [0.15, 0.2) is 5.75 Å². The molecule has 0 radical (unpaired) electrons. The van der Waals surface area contributed by atoms with Crippen LogP contribution in [0.5, 0.6) is 5.75 Å². The summed E-state index contributed by atoms with van der Waals surface area (Å²) in [5.41, 5.74) is 8.39. The predicted molar refractivity (Wildman–Crippen MR) is 163 cm³/mol. The summed E-state index contributed by atoms with van der Waals surface area (Å²) in [6, 6.07) is 9.97. The van der Waals surface area contributed by atoms with Crippen molar-refractivity contribution in [3.63, 3.8) is 0 Å². The first-order valence-electron chi connectivity index (χ1n) is 14.4. The second-order valence-corrected chi connectivity index (χ2v) is 11.7. The van der Waals surface area contributed by atoms with Gasteiger partial charge in [-0.25, -0.2) is 9.37 Å². The van der Waals surface area contributed by atoms with Crippen molar-refractivity contribution >= 4 is 51.7 Å². The zero-order chi connectivity index (χ0) is 30.3. The van der Waals surface area contributed by atoms with Gasteiger partial charge >= 0.3 is 5.95 Å². The number of primary amides is 1. The summed E-state index contributed by atoms with van der Waals surface area (Å²) in [5, 5.41) is 7.08. The van der Waals surface area contributed by atoms with Crippen LogP contribution in [-0.4, -0.2) is 60.0 Å². The molecule has 0 aliphatic carbocycles. The van der Waals surface area contributed by atoms with Crippen molar-refractivity contribution in [3.8, 4) is 5.75 Å². The molecule has 2 aliphatic rings. The number of anilines is 5. The van der Waals surface area contributed by atoms with E-state index in [-0.39, 0.29) is 22.6 Å². The molecule has 2 aromatic carbocycles. The molecular weight excluding hydrogens is 551 g/mol. The van der Waals surface area contributed by atoms with Crippen LogP contribution >= 0.6 is 0 Å². The lowest BCUT2D eigenvalue weighted by Crippen LogP contribution is -2.45. The number of nitrogens with zero attached hydrogens (tertiary/aromatic N) is 3. The van der Waals surface area contributed by atoms with Crippen LogP contribution in [0, 0.1) is 5.82 Å². The molecular formula is C31H36FN8O3+. The van der Waals surface area contributed by atoms with Gasteiger partial charge in [-0.15, -0.1) is 0 Å². The number of aromatic amines is 2. The first-order valence-corrected chi connectivity index (χ1v) is 14.4. The Morgan fingerprint density at radius 2 is 1.93 bits per heavy atom. The lowest BCUT2D eigenvalue weighted by atomic mass is 9.77. The van der Waals surface area contributed by atoms with Gasteiger partial charge < -0.3 is 20.7 Å². The molecule has 12 heteroatoms. The number of rotatable bonds is 8. The average molecular weight is 588 g/mol. The standard InChI is InChI=1S/C31H35FN8O3/c1-31(2)10-14-40(25(41)17-39-12-4-5-13-39)23-16-22(24(43-3)15-19(23)31)36-30-37-28-18(9-11-34-28)29(38-30)35-21-8-6-7-20(32)26(21)27(33)42/h6-9,11,15-16H,4-5,10,12-14,17H2,1-3H3,(H2,33,42)(H3,34,35,36,37,38)/p+1. The van der Waals surface area contributed by atoms with Crippen LogP contribution in [0.2, 0.25) is 0 Å². The Bertz CT molecular complexity index is 1710. The summed E-state index contributed by atoms with van der Waals surface area (Å²) >= 11 is 0. The SMILES string of the molecule is COc1cc2c(cc1Nc1nc(Nc3cccc(F)c3C(N)=O)c3cc[nH]c3[nH+]1)N(C(=O)CN1CCCC1)CCC2(C)C. The number of aromatic nitrogens is 3. The van der Waals surface area contributed by atoms with Crippen molar-refractivity contribution in [2.75, 3.05) is 48.8 Å². The van der Waals surface area contributed by atoms with E-state index in [2.05, 4.69) is 39.3 Å². The van der Waals surface area contributed by atoms with Gasteiger partial charge in [-0.05, 0) is 67.6 Å². The minimum atomic E-state index is -0.891. The summed E-state index contributed by atoms with van der Waals surface area (Å²) in [6.45, 7) is 7.28. The first-order chi connectivity index (χ1) is 20.6. The number of benzene rings is 2. The molecule has 11 nitrogen and oxygen atoms in total. The largest absolute Gasteiger partial charge is 0.493 e. The number of hydrogen-bond acceptors (Lipinski definition) is 7. The summed E-state index contributed by atoms with van der Waals surface area (Å²) in [7, 11) is 1.60. The van der Waals surface area contributed by atoms with Gasteiger partial charge in [-0.3, -0.25) is 24.8 Å². The molecule has 0 spiro atoms. The lowest BCUT2D eigenvalue weighted by Gasteiger charge is -2.40. The number of fused-ring (bicyclic) bond motifs is 2. The van der Waals surface area contributed by atoms with Gasteiger partial charge in [0.05, 0.1) is 36.0 Å². The third kappa shape index (κ3) is 5.45. The number of carbonyl (C=O) groups excluding carboxylic acids is 2. The molecule has 0 bridgehead atoms. The number of ether oxygens (including phenoxy) is 1. The highest BCUT2D eigenvalue weighted by molar-refractivity contribution is 6.01. The molecule has 4 aromatic rings. The number of carbonyl (C=O) groups is 2. The van der Waals surface area contributed by atoms with Gasteiger partial charge in [0.25, 0.3) is 5.91 Å². The first kappa shape index (κ1) is 28.4. The molecule has 0 saturated carbocycles. The van der Waals surface area contributed by atoms with Crippen LogP contribution in [0.3, 0.4) is 0 Å². The minimum absolute atomic E-state index is 0.0825. The van der Waals surface area contributed by atoms with Crippen molar-refractivity contribution in [1.82, 2.24) is 14.9 Å². The predicted octanol–water partition coefficient (Wildman–Crippen LogP) is 4.22. The highest BCUT2D eigenvalue weighted by Gasteiger charge is 2.36. The molecule has 224 valence electrons. The van der Waals surface area contributed by atoms with Crippen LogP contribution in [-0.2, 0) is 10.2 Å². The zero-order valence-electron chi connectivity index (χ0n) is 24.5. The number of halogens is 1. The average Bonchev–Trinajstić information content (AvgIpc) is 3.65.